The molecule has 0 radical (unpaired) electrons. The summed E-state index contributed by atoms with van der Waals surface area (Å²) in [6.07, 6.45) is 1.67. The van der Waals surface area contributed by atoms with Crippen LogP contribution in [-0.4, -0.2) is 11.9 Å². The standard InChI is InChI=1S/C17H13ClN2O2/c1-11-3-2-4-12(9-11)10-15-16(21)20(17(22)19-15)14-7-5-13(18)6-8-14/h2-10H,1H3,(H,19,22)/b15-10-. The zero-order chi connectivity index (χ0) is 15.7. The van der Waals surface area contributed by atoms with E-state index in [4.69, 9.17) is 11.6 Å². The number of hydrogen-bond acceptors (Lipinski definition) is 2. The van der Waals surface area contributed by atoms with Crippen LogP contribution >= 0.6 is 11.6 Å². The monoisotopic (exact) mass is 312 g/mol. The van der Waals surface area contributed by atoms with Crippen molar-refractivity contribution in [2.75, 3.05) is 4.90 Å². The number of benzene rings is 2. The Hall–Kier alpha value is -2.59. The average Bonchev–Trinajstić information content (AvgIpc) is 2.75. The van der Waals surface area contributed by atoms with E-state index >= 15 is 0 Å². The van der Waals surface area contributed by atoms with Crippen molar-refractivity contribution in [2.45, 2.75) is 6.92 Å². The molecule has 3 rings (SSSR count). The molecule has 22 heavy (non-hydrogen) atoms. The molecule has 1 N–H and O–H groups in total. The normalized spacial score (nSPS) is 16.3. The van der Waals surface area contributed by atoms with Crippen LogP contribution in [0.15, 0.2) is 54.2 Å². The quantitative estimate of drug-likeness (QED) is 0.678. The van der Waals surface area contributed by atoms with E-state index < -0.39 is 6.03 Å². The summed E-state index contributed by atoms with van der Waals surface area (Å²) in [7, 11) is 0. The zero-order valence-corrected chi connectivity index (χ0v) is 12.6. The van der Waals surface area contributed by atoms with Crippen LogP contribution in [0.5, 0.6) is 0 Å². The van der Waals surface area contributed by atoms with Crippen LogP contribution in [0.3, 0.4) is 0 Å². The van der Waals surface area contributed by atoms with Crippen molar-refractivity contribution in [3.8, 4) is 0 Å². The lowest BCUT2D eigenvalue weighted by Crippen LogP contribution is -2.30. The first-order valence-corrected chi connectivity index (χ1v) is 7.12. The molecule has 1 fully saturated rings. The van der Waals surface area contributed by atoms with Crippen LogP contribution in [0, 0.1) is 6.92 Å². The molecule has 0 spiro atoms. The van der Waals surface area contributed by atoms with Crippen molar-refractivity contribution in [3.05, 3.63) is 70.4 Å². The predicted octanol–water partition coefficient (Wildman–Crippen LogP) is 3.75. The van der Waals surface area contributed by atoms with E-state index in [0.717, 1.165) is 16.0 Å². The Kier molecular flexibility index (Phi) is 3.69. The molecule has 1 heterocycles. The summed E-state index contributed by atoms with van der Waals surface area (Å²) in [6.45, 7) is 1.97. The maximum atomic E-state index is 12.4. The van der Waals surface area contributed by atoms with Gasteiger partial charge in [-0.05, 0) is 42.8 Å². The SMILES string of the molecule is Cc1cccc(/C=C2\NC(=O)N(c3ccc(Cl)cc3)C2=O)c1. The Morgan fingerprint density at radius 1 is 1.09 bits per heavy atom. The highest BCUT2D eigenvalue weighted by Gasteiger charge is 2.34. The molecule has 0 atom stereocenters. The van der Waals surface area contributed by atoms with Crippen molar-refractivity contribution in [3.63, 3.8) is 0 Å². The lowest BCUT2D eigenvalue weighted by atomic mass is 10.1. The number of halogens is 1. The second kappa shape index (κ2) is 5.66. The number of hydrogen-bond donors (Lipinski definition) is 1. The highest BCUT2D eigenvalue weighted by molar-refractivity contribution is 6.31. The summed E-state index contributed by atoms with van der Waals surface area (Å²) < 4.78 is 0. The summed E-state index contributed by atoms with van der Waals surface area (Å²) in [4.78, 5) is 25.6. The average molecular weight is 313 g/mol. The molecule has 0 bridgehead atoms. The molecule has 1 saturated heterocycles. The van der Waals surface area contributed by atoms with Gasteiger partial charge in [-0.25, -0.2) is 9.69 Å². The maximum absolute atomic E-state index is 12.4. The van der Waals surface area contributed by atoms with E-state index in [0.29, 0.717) is 10.7 Å². The molecular weight excluding hydrogens is 300 g/mol. The fourth-order valence-electron chi connectivity index (χ4n) is 2.29. The molecule has 110 valence electrons. The molecule has 0 aliphatic carbocycles. The van der Waals surface area contributed by atoms with Gasteiger partial charge in [-0.3, -0.25) is 4.79 Å². The van der Waals surface area contributed by atoms with Crippen molar-refractivity contribution in [2.24, 2.45) is 0 Å². The number of urea groups is 1. The molecule has 1 aliphatic heterocycles. The van der Waals surface area contributed by atoms with Gasteiger partial charge in [-0.2, -0.15) is 0 Å². The number of rotatable bonds is 2. The van der Waals surface area contributed by atoms with Crippen LogP contribution in [0.1, 0.15) is 11.1 Å². The third kappa shape index (κ3) is 2.73. The highest BCUT2D eigenvalue weighted by Crippen LogP contribution is 2.24. The summed E-state index contributed by atoms with van der Waals surface area (Å²) >= 11 is 5.83. The van der Waals surface area contributed by atoms with Gasteiger partial charge in [-0.1, -0.05) is 41.4 Å². The van der Waals surface area contributed by atoms with Crippen LogP contribution in [0.25, 0.3) is 6.08 Å². The van der Waals surface area contributed by atoms with Gasteiger partial charge in [-0.15, -0.1) is 0 Å². The largest absolute Gasteiger partial charge is 0.333 e. The number of anilines is 1. The van der Waals surface area contributed by atoms with E-state index in [1.54, 1.807) is 30.3 Å². The van der Waals surface area contributed by atoms with Crippen molar-refractivity contribution in [1.29, 1.82) is 0 Å². The Labute approximate surface area is 133 Å². The lowest BCUT2D eigenvalue weighted by molar-refractivity contribution is -0.113. The van der Waals surface area contributed by atoms with Crippen LogP contribution in [-0.2, 0) is 4.79 Å². The van der Waals surface area contributed by atoms with Gasteiger partial charge in [0.25, 0.3) is 5.91 Å². The molecule has 5 heteroatoms. The summed E-state index contributed by atoms with van der Waals surface area (Å²) in [6, 6.07) is 13.8. The Morgan fingerprint density at radius 3 is 2.50 bits per heavy atom. The molecule has 1 aliphatic rings. The third-order valence-electron chi connectivity index (χ3n) is 3.32. The van der Waals surface area contributed by atoms with Crippen LogP contribution in [0.2, 0.25) is 5.02 Å². The minimum Gasteiger partial charge on any atom is -0.302 e. The maximum Gasteiger partial charge on any atom is 0.333 e. The summed E-state index contributed by atoms with van der Waals surface area (Å²) in [5.74, 6) is -0.381. The number of amides is 3. The molecular formula is C17H13ClN2O2. The summed E-state index contributed by atoms with van der Waals surface area (Å²) in [5.41, 5.74) is 2.69. The first-order chi connectivity index (χ1) is 10.5. The molecule has 2 aromatic carbocycles. The first kappa shape index (κ1) is 14.4. The van der Waals surface area contributed by atoms with E-state index in [1.807, 2.05) is 31.2 Å². The van der Waals surface area contributed by atoms with Crippen LogP contribution < -0.4 is 10.2 Å². The highest BCUT2D eigenvalue weighted by atomic mass is 35.5. The predicted molar refractivity (Wildman–Crippen MR) is 86.6 cm³/mol. The molecule has 0 unspecified atom stereocenters. The fourth-order valence-corrected chi connectivity index (χ4v) is 2.41. The van der Waals surface area contributed by atoms with E-state index in [-0.39, 0.29) is 11.6 Å². The molecule has 4 nitrogen and oxygen atoms in total. The first-order valence-electron chi connectivity index (χ1n) is 6.74. The van der Waals surface area contributed by atoms with Gasteiger partial charge >= 0.3 is 6.03 Å². The second-order valence-corrected chi connectivity index (χ2v) is 5.46. The van der Waals surface area contributed by atoms with Crippen LogP contribution in [0.4, 0.5) is 10.5 Å². The number of aryl methyl sites for hydroxylation is 1. The lowest BCUT2D eigenvalue weighted by Gasteiger charge is -2.11. The van der Waals surface area contributed by atoms with Gasteiger partial charge in [0.15, 0.2) is 0 Å². The Morgan fingerprint density at radius 2 is 1.82 bits per heavy atom. The van der Waals surface area contributed by atoms with E-state index in [1.165, 1.54) is 0 Å². The van der Waals surface area contributed by atoms with Gasteiger partial charge in [0.2, 0.25) is 0 Å². The smallest absolute Gasteiger partial charge is 0.302 e. The second-order valence-electron chi connectivity index (χ2n) is 5.02. The van der Waals surface area contributed by atoms with E-state index in [2.05, 4.69) is 5.32 Å². The topological polar surface area (TPSA) is 49.4 Å². The van der Waals surface area contributed by atoms with Gasteiger partial charge in [0.1, 0.15) is 5.70 Å². The Balaban J connectivity index is 1.93. The molecule has 3 amide bonds. The van der Waals surface area contributed by atoms with Gasteiger partial charge in [0, 0.05) is 5.02 Å². The molecule has 0 saturated carbocycles. The molecule has 2 aromatic rings. The van der Waals surface area contributed by atoms with Gasteiger partial charge in [0.05, 0.1) is 5.69 Å². The number of nitrogens with one attached hydrogen (secondary N) is 1. The van der Waals surface area contributed by atoms with Crippen molar-refractivity contribution in [1.82, 2.24) is 5.32 Å². The minimum atomic E-state index is -0.466. The number of carbonyl (C=O) groups excluding carboxylic acids is 2. The van der Waals surface area contributed by atoms with Gasteiger partial charge < -0.3 is 5.32 Å². The van der Waals surface area contributed by atoms with E-state index in [9.17, 15) is 9.59 Å². The number of imide groups is 1. The minimum absolute atomic E-state index is 0.255. The Bertz CT molecular complexity index is 782. The molecule has 0 aromatic heterocycles. The number of nitrogens with zero attached hydrogens (tertiary/aromatic N) is 1. The summed E-state index contributed by atoms with van der Waals surface area (Å²) in [5, 5.41) is 3.15. The third-order valence-corrected chi connectivity index (χ3v) is 3.57. The number of carbonyl (C=O) groups is 2. The fraction of sp³-hybridized carbons (Fsp3) is 0.0588. The van der Waals surface area contributed by atoms with Crippen molar-refractivity contribution < 1.29 is 9.59 Å². The zero-order valence-electron chi connectivity index (χ0n) is 11.8. The van der Waals surface area contributed by atoms with Crippen molar-refractivity contribution >= 4 is 35.3 Å².